The maximum absolute atomic E-state index is 13.9. The van der Waals surface area contributed by atoms with Crippen molar-refractivity contribution in [1.29, 1.82) is 0 Å². The molecule has 3 heterocycles. The second kappa shape index (κ2) is 11.0. The first kappa shape index (κ1) is 27.6. The number of amides is 3. The van der Waals surface area contributed by atoms with Crippen LogP contribution in [0, 0.1) is 5.92 Å². The summed E-state index contributed by atoms with van der Waals surface area (Å²) >= 11 is 14.2. The Morgan fingerprint density at radius 2 is 1.68 bits per heavy atom. The molecule has 3 aromatic carbocycles. The topological polar surface area (TPSA) is 97.7 Å². The van der Waals surface area contributed by atoms with Crippen LogP contribution in [0.4, 0.5) is 11.4 Å². The van der Waals surface area contributed by atoms with Gasteiger partial charge in [0.2, 0.25) is 17.7 Å². The van der Waals surface area contributed by atoms with Gasteiger partial charge in [-0.2, -0.15) is 0 Å². The minimum Gasteiger partial charge on any atom is -0.497 e. The van der Waals surface area contributed by atoms with Crippen molar-refractivity contribution < 1.29 is 19.1 Å². The van der Waals surface area contributed by atoms with E-state index in [1.54, 1.807) is 43.5 Å². The average molecular weight is 627 g/mol. The highest BCUT2D eigenvalue weighted by molar-refractivity contribution is 8.00. The number of nitrogens with one attached hydrogen (secondary N) is 1. The molecule has 0 bridgehead atoms. The fourth-order valence-electron chi connectivity index (χ4n) is 5.18. The van der Waals surface area contributed by atoms with E-state index in [0.29, 0.717) is 32.1 Å². The molecule has 0 spiro atoms. The molecule has 3 unspecified atom stereocenters. The Hall–Kier alpha value is -3.57. The van der Waals surface area contributed by atoms with Crippen molar-refractivity contribution in [3.63, 3.8) is 0 Å². The minimum absolute atomic E-state index is 0.277. The number of thioether (sulfide) groups is 1. The normalized spacial score (nSPS) is 19.6. The molecule has 3 amide bonds. The Bertz CT molecular complexity index is 1740. The third-order valence-corrected chi connectivity index (χ3v) is 10.4. The van der Waals surface area contributed by atoms with Crippen molar-refractivity contribution in [2.24, 2.45) is 5.92 Å². The van der Waals surface area contributed by atoms with Gasteiger partial charge in [-0.3, -0.25) is 23.7 Å². The molecule has 6 rings (SSSR count). The lowest BCUT2D eigenvalue weighted by Crippen LogP contribution is -2.33. The maximum Gasteiger partial charge on any atom is 0.308 e. The number of hydrogen-bond donors (Lipinski definition) is 1. The van der Waals surface area contributed by atoms with Crippen molar-refractivity contribution in [1.82, 2.24) is 4.57 Å². The number of imide groups is 1. The maximum atomic E-state index is 13.9. The number of aromatic nitrogens is 1. The molecule has 8 nitrogen and oxygen atoms in total. The molecule has 41 heavy (non-hydrogen) atoms. The second-order valence-electron chi connectivity index (χ2n) is 9.46. The predicted octanol–water partition coefficient (Wildman–Crippen LogP) is 5.66. The number of halogens is 2. The Kier molecular flexibility index (Phi) is 7.41. The van der Waals surface area contributed by atoms with Crippen LogP contribution in [0.3, 0.4) is 0 Å². The largest absolute Gasteiger partial charge is 0.497 e. The third kappa shape index (κ3) is 4.95. The SMILES string of the molecule is COc1ccc(N2C(=O)C3Sc4c(sc(=O)n4CC(=O)Nc4ccc(Cl)c(Cl)c4)C(c4ccccc4)C3C2=O)cc1. The number of thiazole rings is 1. The van der Waals surface area contributed by atoms with Crippen LogP contribution in [0.5, 0.6) is 5.75 Å². The van der Waals surface area contributed by atoms with Crippen molar-refractivity contribution >= 4 is 75.4 Å². The van der Waals surface area contributed by atoms with Gasteiger partial charge >= 0.3 is 4.87 Å². The molecular formula is C29H21Cl2N3O5S2. The molecule has 4 aromatic rings. The number of carbonyl (C=O) groups excluding carboxylic acids is 3. The molecule has 1 aromatic heterocycles. The number of benzene rings is 3. The first-order valence-electron chi connectivity index (χ1n) is 12.5. The van der Waals surface area contributed by atoms with E-state index in [1.165, 1.54) is 15.5 Å². The van der Waals surface area contributed by atoms with Crippen LogP contribution >= 0.6 is 46.3 Å². The van der Waals surface area contributed by atoms with Crippen molar-refractivity contribution in [2.75, 3.05) is 17.3 Å². The fourth-order valence-corrected chi connectivity index (χ4v) is 8.25. The zero-order chi connectivity index (χ0) is 28.8. The Morgan fingerprint density at radius 1 is 0.951 bits per heavy atom. The van der Waals surface area contributed by atoms with Gasteiger partial charge < -0.3 is 10.1 Å². The third-order valence-electron chi connectivity index (χ3n) is 7.04. The quantitative estimate of drug-likeness (QED) is 0.278. The fraction of sp³-hybridized carbons (Fsp3) is 0.172. The van der Waals surface area contributed by atoms with Gasteiger partial charge in [-0.15, -0.1) is 0 Å². The van der Waals surface area contributed by atoms with Gasteiger partial charge in [-0.25, -0.2) is 4.90 Å². The van der Waals surface area contributed by atoms with E-state index in [0.717, 1.165) is 28.7 Å². The van der Waals surface area contributed by atoms with Gasteiger partial charge in [0.05, 0.1) is 33.8 Å². The number of hydrogen-bond acceptors (Lipinski definition) is 7. The van der Waals surface area contributed by atoms with Crippen LogP contribution in [0.25, 0.3) is 0 Å². The monoisotopic (exact) mass is 625 g/mol. The standard InChI is InChI=1S/C29H21Cl2N3O5S2/c1-39-18-10-8-17(9-11-18)34-26(36)23-22(15-5-3-2-4-6-15)25-28(40-24(23)27(34)37)33(29(38)41-25)14-21(35)32-16-7-12-19(30)20(31)13-16/h2-13,22-24H,14H2,1H3,(H,32,35). The summed E-state index contributed by atoms with van der Waals surface area (Å²) in [6.45, 7) is -0.277. The van der Waals surface area contributed by atoms with Gasteiger partial charge in [-0.05, 0) is 48.0 Å². The molecule has 0 radical (unpaired) electrons. The molecule has 1 fully saturated rings. The van der Waals surface area contributed by atoms with Crippen LogP contribution in [-0.2, 0) is 20.9 Å². The minimum atomic E-state index is -0.777. The van der Waals surface area contributed by atoms with Gasteiger partial charge in [0.25, 0.3) is 0 Å². The summed E-state index contributed by atoms with van der Waals surface area (Å²) in [5.74, 6) is -1.80. The highest BCUT2D eigenvalue weighted by Gasteiger charge is 2.56. The summed E-state index contributed by atoms with van der Waals surface area (Å²) in [7, 11) is 1.54. The van der Waals surface area contributed by atoms with Crippen LogP contribution < -0.4 is 19.8 Å². The molecule has 0 saturated carbocycles. The van der Waals surface area contributed by atoms with Crippen molar-refractivity contribution in [2.45, 2.75) is 22.7 Å². The van der Waals surface area contributed by atoms with Crippen molar-refractivity contribution in [3.05, 3.63) is 103 Å². The van der Waals surface area contributed by atoms with Crippen LogP contribution in [0.15, 0.2) is 82.6 Å². The van der Waals surface area contributed by atoms with Gasteiger partial charge in [0.1, 0.15) is 17.5 Å². The van der Waals surface area contributed by atoms with Crippen LogP contribution in [-0.4, -0.2) is 34.6 Å². The van der Waals surface area contributed by atoms with E-state index >= 15 is 0 Å². The number of ether oxygens (including phenoxy) is 1. The molecule has 2 aliphatic heterocycles. The molecule has 12 heteroatoms. The molecule has 3 atom stereocenters. The van der Waals surface area contributed by atoms with Gasteiger partial charge in [0, 0.05) is 16.5 Å². The predicted molar refractivity (Wildman–Crippen MR) is 161 cm³/mol. The zero-order valence-corrected chi connectivity index (χ0v) is 24.5. The van der Waals surface area contributed by atoms with E-state index in [-0.39, 0.29) is 28.3 Å². The lowest BCUT2D eigenvalue weighted by Gasteiger charge is -2.30. The van der Waals surface area contributed by atoms with Crippen LogP contribution in [0.2, 0.25) is 10.0 Å². The molecular weight excluding hydrogens is 605 g/mol. The number of fused-ring (bicyclic) bond motifs is 2. The van der Waals surface area contributed by atoms with E-state index in [9.17, 15) is 19.2 Å². The molecule has 0 aliphatic carbocycles. The lowest BCUT2D eigenvalue weighted by atomic mass is 9.83. The van der Waals surface area contributed by atoms with E-state index < -0.39 is 23.0 Å². The summed E-state index contributed by atoms with van der Waals surface area (Å²) in [6.07, 6.45) is 0. The van der Waals surface area contributed by atoms with Gasteiger partial charge in [-0.1, -0.05) is 76.6 Å². The lowest BCUT2D eigenvalue weighted by molar-refractivity contribution is -0.122. The molecule has 208 valence electrons. The first-order chi connectivity index (χ1) is 19.8. The number of nitrogens with zero attached hydrogens (tertiary/aromatic N) is 2. The Labute approximate surface area is 252 Å². The number of methoxy groups -OCH3 is 1. The molecule has 1 N–H and O–H groups in total. The highest BCUT2D eigenvalue weighted by atomic mass is 35.5. The summed E-state index contributed by atoms with van der Waals surface area (Å²) in [5, 5.41) is 3.11. The highest BCUT2D eigenvalue weighted by Crippen LogP contribution is 2.53. The van der Waals surface area contributed by atoms with E-state index in [4.69, 9.17) is 27.9 Å². The molecule has 2 aliphatic rings. The summed E-state index contributed by atoms with van der Waals surface area (Å²) < 4.78 is 6.60. The average Bonchev–Trinajstić information content (AvgIpc) is 3.41. The van der Waals surface area contributed by atoms with Crippen molar-refractivity contribution in [3.8, 4) is 5.75 Å². The number of carbonyl (C=O) groups is 3. The van der Waals surface area contributed by atoms with Gasteiger partial charge in [0.15, 0.2) is 0 Å². The number of rotatable bonds is 6. The molecule has 1 saturated heterocycles. The van der Waals surface area contributed by atoms with E-state index in [2.05, 4.69) is 5.32 Å². The second-order valence-corrected chi connectivity index (χ2v) is 12.4. The summed E-state index contributed by atoms with van der Waals surface area (Å²) in [4.78, 5) is 55.5. The Morgan fingerprint density at radius 3 is 2.37 bits per heavy atom. The van der Waals surface area contributed by atoms with E-state index in [1.807, 2.05) is 30.3 Å². The summed E-state index contributed by atoms with van der Waals surface area (Å²) in [6, 6.07) is 20.8. The smallest absolute Gasteiger partial charge is 0.308 e. The zero-order valence-electron chi connectivity index (χ0n) is 21.4. The van der Waals surface area contributed by atoms with Crippen LogP contribution in [0.1, 0.15) is 16.4 Å². The first-order valence-corrected chi connectivity index (χ1v) is 14.9. The Balaban J connectivity index is 1.38. The number of anilines is 2. The summed E-state index contributed by atoms with van der Waals surface area (Å²) in [5.41, 5.74) is 1.70.